The second-order valence-corrected chi connectivity index (χ2v) is 5.42. The van der Waals surface area contributed by atoms with Crippen LogP contribution in [0.25, 0.3) is 6.08 Å². The number of nitrogens with one attached hydrogen (secondary N) is 1. The molecule has 1 aromatic carbocycles. The summed E-state index contributed by atoms with van der Waals surface area (Å²) >= 11 is 0. The molecule has 0 unspecified atom stereocenters. The molecular formula is C17H19N3O2. The fourth-order valence-corrected chi connectivity index (χ4v) is 2.63. The third-order valence-corrected chi connectivity index (χ3v) is 3.82. The lowest BCUT2D eigenvalue weighted by Crippen LogP contribution is -2.25. The number of carbonyl (C=O) groups is 1. The second kappa shape index (κ2) is 6.47. The van der Waals surface area contributed by atoms with E-state index in [0.717, 1.165) is 36.9 Å². The molecule has 0 aliphatic heterocycles. The smallest absolute Gasteiger partial charge is 0.255 e. The molecule has 3 rings (SSSR count). The van der Waals surface area contributed by atoms with E-state index in [1.807, 2.05) is 16.8 Å². The largest absolute Gasteiger partial charge is 0.507 e. The van der Waals surface area contributed by atoms with Gasteiger partial charge in [0.25, 0.3) is 5.91 Å². The fourth-order valence-electron chi connectivity index (χ4n) is 2.63. The molecule has 1 aliphatic rings. The fraction of sp³-hybridized carbons (Fsp3) is 0.294. The van der Waals surface area contributed by atoms with Gasteiger partial charge in [0.05, 0.1) is 11.9 Å². The van der Waals surface area contributed by atoms with E-state index in [1.165, 1.54) is 0 Å². The van der Waals surface area contributed by atoms with Gasteiger partial charge in [-0.1, -0.05) is 12.2 Å². The Labute approximate surface area is 129 Å². The summed E-state index contributed by atoms with van der Waals surface area (Å²) in [6.07, 6.45) is 12.2. The Hall–Kier alpha value is -2.56. The highest BCUT2D eigenvalue weighted by Crippen LogP contribution is 2.27. The molecule has 0 atom stereocenters. The highest BCUT2D eigenvalue weighted by atomic mass is 16.3. The van der Waals surface area contributed by atoms with E-state index < -0.39 is 0 Å². The normalized spacial score (nSPS) is 12.9. The number of fused-ring (bicyclic) bond motifs is 1. The maximum atomic E-state index is 12.2. The molecule has 0 spiro atoms. The highest BCUT2D eigenvalue weighted by molar-refractivity contribution is 5.97. The lowest BCUT2D eigenvalue weighted by molar-refractivity contribution is 0.0950. The number of hydrogen-bond acceptors (Lipinski definition) is 3. The molecule has 114 valence electrons. The molecule has 0 saturated heterocycles. The summed E-state index contributed by atoms with van der Waals surface area (Å²) in [5.74, 6) is -0.175. The number of phenolic OH excluding ortho intramolecular Hbond substituents is 1. The van der Waals surface area contributed by atoms with Gasteiger partial charge in [-0.05, 0) is 42.5 Å². The van der Waals surface area contributed by atoms with Crippen LogP contribution in [0.15, 0.2) is 36.9 Å². The Morgan fingerprint density at radius 1 is 1.41 bits per heavy atom. The van der Waals surface area contributed by atoms with Crippen LogP contribution in [-0.4, -0.2) is 27.1 Å². The van der Waals surface area contributed by atoms with E-state index in [0.29, 0.717) is 12.1 Å². The van der Waals surface area contributed by atoms with Crippen molar-refractivity contribution in [1.29, 1.82) is 0 Å². The van der Waals surface area contributed by atoms with Crippen molar-refractivity contribution in [2.75, 3.05) is 6.54 Å². The van der Waals surface area contributed by atoms with Crippen molar-refractivity contribution in [3.8, 4) is 5.75 Å². The number of phenols is 1. The molecule has 0 saturated carbocycles. The lowest BCUT2D eigenvalue weighted by Gasteiger charge is -2.14. The molecule has 0 fully saturated rings. The third kappa shape index (κ3) is 3.19. The van der Waals surface area contributed by atoms with Crippen LogP contribution in [0.5, 0.6) is 5.75 Å². The first kappa shape index (κ1) is 14.4. The second-order valence-electron chi connectivity index (χ2n) is 5.42. The van der Waals surface area contributed by atoms with Crippen molar-refractivity contribution in [1.82, 2.24) is 14.9 Å². The number of benzene rings is 1. The van der Waals surface area contributed by atoms with E-state index in [-0.39, 0.29) is 11.7 Å². The topological polar surface area (TPSA) is 67.2 Å². The van der Waals surface area contributed by atoms with Crippen LogP contribution in [0.4, 0.5) is 0 Å². The van der Waals surface area contributed by atoms with Crippen molar-refractivity contribution in [3.05, 3.63) is 53.6 Å². The molecule has 5 nitrogen and oxygen atoms in total. The van der Waals surface area contributed by atoms with Gasteiger partial charge in [0.2, 0.25) is 0 Å². The number of nitrogens with zero attached hydrogens (tertiary/aromatic N) is 2. The minimum Gasteiger partial charge on any atom is -0.507 e. The Morgan fingerprint density at radius 2 is 2.32 bits per heavy atom. The first-order valence-electron chi connectivity index (χ1n) is 7.50. The number of aryl methyl sites for hydroxylation is 2. The Balaban J connectivity index is 1.59. The molecule has 1 heterocycles. The SMILES string of the molecule is O=C(NCCCn1ccnc1)c1cc2c(cc1O)CCC=C2. The van der Waals surface area contributed by atoms with E-state index in [4.69, 9.17) is 0 Å². The van der Waals surface area contributed by atoms with Crippen molar-refractivity contribution in [2.24, 2.45) is 0 Å². The minimum atomic E-state index is -0.232. The number of rotatable bonds is 5. The lowest BCUT2D eigenvalue weighted by atomic mass is 9.94. The van der Waals surface area contributed by atoms with E-state index >= 15 is 0 Å². The van der Waals surface area contributed by atoms with Gasteiger partial charge in [-0.15, -0.1) is 0 Å². The van der Waals surface area contributed by atoms with Crippen LogP contribution in [0.1, 0.15) is 34.3 Å². The maximum absolute atomic E-state index is 12.2. The number of amides is 1. The van der Waals surface area contributed by atoms with Crippen molar-refractivity contribution >= 4 is 12.0 Å². The maximum Gasteiger partial charge on any atom is 0.255 e. The van der Waals surface area contributed by atoms with Gasteiger partial charge in [0.15, 0.2) is 0 Å². The first-order chi connectivity index (χ1) is 10.7. The first-order valence-corrected chi connectivity index (χ1v) is 7.50. The van der Waals surface area contributed by atoms with Gasteiger partial charge in [0, 0.05) is 25.5 Å². The molecule has 22 heavy (non-hydrogen) atoms. The van der Waals surface area contributed by atoms with E-state index in [9.17, 15) is 9.90 Å². The number of imidazole rings is 1. The number of allylic oxidation sites excluding steroid dienone is 1. The Kier molecular flexibility index (Phi) is 4.23. The zero-order valence-corrected chi connectivity index (χ0v) is 12.3. The van der Waals surface area contributed by atoms with Crippen molar-refractivity contribution in [2.45, 2.75) is 25.8 Å². The van der Waals surface area contributed by atoms with E-state index in [2.05, 4.69) is 16.4 Å². The number of carbonyl (C=O) groups excluding carboxylic acids is 1. The molecule has 2 N–H and O–H groups in total. The monoisotopic (exact) mass is 297 g/mol. The van der Waals surface area contributed by atoms with Crippen molar-refractivity contribution in [3.63, 3.8) is 0 Å². The average Bonchev–Trinajstić information content (AvgIpc) is 3.04. The van der Waals surface area contributed by atoms with Crippen LogP contribution in [0, 0.1) is 0 Å². The molecule has 1 aromatic heterocycles. The predicted molar refractivity (Wildman–Crippen MR) is 84.6 cm³/mol. The van der Waals surface area contributed by atoms with Gasteiger partial charge in [-0.25, -0.2) is 4.98 Å². The van der Waals surface area contributed by atoms with Gasteiger partial charge >= 0.3 is 0 Å². The summed E-state index contributed by atoms with van der Waals surface area (Å²) in [6, 6.07) is 3.48. The number of aromatic hydroxyl groups is 1. The number of aromatic nitrogens is 2. The molecule has 1 amide bonds. The van der Waals surface area contributed by atoms with Crippen LogP contribution < -0.4 is 5.32 Å². The molecule has 1 aliphatic carbocycles. The standard InChI is InChI=1S/C17H19N3O2/c21-16-11-14-5-2-1-4-13(14)10-15(16)17(22)19-6-3-8-20-9-7-18-12-20/h1,4,7,9-12,21H,2-3,5-6,8H2,(H,19,22). The van der Waals surface area contributed by atoms with Crippen molar-refractivity contribution < 1.29 is 9.90 Å². The van der Waals surface area contributed by atoms with Crippen LogP contribution in [-0.2, 0) is 13.0 Å². The van der Waals surface area contributed by atoms with Gasteiger partial charge in [0.1, 0.15) is 5.75 Å². The summed E-state index contributed by atoms with van der Waals surface area (Å²) < 4.78 is 1.97. The zero-order valence-electron chi connectivity index (χ0n) is 12.3. The summed E-state index contributed by atoms with van der Waals surface area (Å²) in [5, 5.41) is 12.9. The summed E-state index contributed by atoms with van der Waals surface area (Å²) in [6.45, 7) is 1.36. The molecule has 0 bridgehead atoms. The molecule has 0 radical (unpaired) electrons. The summed E-state index contributed by atoms with van der Waals surface area (Å²) in [4.78, 5) is 16.2. The van der Waals surface area contributed by atoms with Crippen LogP contribution in [0.3, 0.4) is 0 Å². The molecule has 5 heteroatoms. The summed E-state index contributed by atoms with van der Waals surface area (Å²) in [5.41, 5.74) is 2.46. The van der Waals surface area contributed by atoms with Crippen LogP contribution in [0.2, 0.25) is 0 Å². The molecular weight excluding hydrogens is 278 g/mol. The average molecular weight is 297 g/mol. The van der Waals surface area contributed by atoms with Gasteiger partial charge in [-0.3, -0.25) is 4.79 Å². The van der Waals surface area contributed by atoms with Gasteiger partial charge < -0.3 is 15.0 Å². The Morgan fingerprint density at radius 3 is 3.14 bits per heavy atom. The van der Waals surface area contributed by atoms with Crippen LogP contribution >= 0.6 is 0 Å². The molecule has 2 aromatic rings. The predicted octanol–water partition coefficient (Wildman–Crippen LogP) is 2.37. The number of hydrogen-bond donors (Lipinski definition) is 2. The minimum absolute atomic E-state index is 0.0566. The van der Waals surface area contributed by atoms with Gasteiger partial charge in [-0.2, -0.15) is 0 Å². The quantitative estimate of drug-likeness (QED) is 0.833. The van der Waals surface area contributed by atoms with E-state index in [1.54, 1.807) is 24.7 Å². The Bertz CT molecular complexity index is 690. The highest BCUT2D eigenvalue weighted by Gasteiger charge is 2.15. The summed E-state index contributed by atoms with van der Waals surface area (Å²) in [7, 11) is 0. The zero-order chi connectivity index (χ0) is 15.4. The third-order valence-electron chi connectivity index (χ3n) is 3.82.